The number of nitrogens with zero attached hydrogens (tertiary/aromatic N) is 4. The van der Waals surface area contributed by atoms with E-state index in [1.807, 2.05) is 18.2 Å². The average Bonchev–Trinajstić information content (AvgIpc) is 4.00. The number of rotatable bonds is 4. The minimum Gasteiger partial charge on any atom is -0.456 e. The number of hydrogen-bond donors (Lipinski definition) is 0. The van der Waals surface area contributed by atoms with E-state index in [0.717, 1.165) is 72.1 Å². The van der Waals surface area contributed by atoms with Gasteiger partial charge in [-0.15, -0.1) is 0 Å². The lowest BCUT2D eigenvalue weighted by atomic mass is 10.0. The van der Waals surface area contributed by atoms with Gasteiger partial charge < -0.3 is 13.6 Å². The molecule has 4 heterocycles. The second-order valence-corrected chi connectivity index (χ2v) is 16.5. The third-order valence-corrected chi connectivity index (χ3v) is 13.1. The number of benzene rings is 10. The van der Waals surface area contributed by atoms with E-state index >= 15 is 0 Å². The van der Waals surface area contributed by atoms with Gasteiger partial charge in [-0.05, 0) is 95.7 Å². The summed E-state index contributed by atoms with van der Waals surface area (Å²) in [4.78, 5) is 10.4. The first-order valence-corrected chi connectivity index (χ1v) is 21.4. The predicted molar refractivity (Wildman–Crippen MR) is 261 cm³/mol. The van der Waals surface area contributed by atoms with Crippen molar-refractivity contribution >= 4 is 98.0 Å². The lowest BCUT2D eigenvalue weighted by molar-refractivity contribution is 0.669. The molecule has 0 unspecified atom stereocenters. The normalized spacial score (nSPS) is 12.1. The summed E-state index contributed by atoms with van der Waals surface area (Å²) in [7, 11) is 0. The maximum absolute atomic E-state index is 6.17. The van der Waals surface area contributed by atoms with E-state index in [0.29, 0.717) is 5.82 Å². The molecule has 0 amide bonds. The monoisotopic (exact) mass is 802 g/mol. The third-order valence-electron chi connectivity index (χ3n) is 13.1. The Morgan fingerprint density at radius 3 is 1.87 bits per heavy atom. The SMILES string of the molecule is c1cc(-n2c3ccccc3c3ccc4ccccc4c32)c2cc3c(cc2c1)c1ccccc1n3-c1ccc(-c2nc(-c3ccc4oc5ccccc5c4c3)c3ccccc3n2)cc1. The van der Waals surface area contributed by atoms with Gasteiger partial charge in [0.05, 0.1) is 39.0 Å². The first kappa shape index (κ1) is 34.2. The molecule has 0 N–H and O–H groups in total. The van der Waals surface area contributed by atoms with Gasteiger partial charge in [0.15, 0.2) is 5.82 Å². The van der Waals surface area contributed by atoms with Crippen molar-refractivity contribution in [2.24, 2.45) is 0 Å². The van der Waals surface area contributed by atoms with Gasteiger partial charge in [0.1, 0.15) is 11.2 Å². The molecule has 0 bridgehead atoms. The Morgan fingerprint density at radius 1 is 0.349 bits per heavy atom. The molecule has 0 spiro atoms. The average molecular weight is 803 g/mol. The summed E-state index contributed by atoms with van der Waals surface area (Å²) in [6.45, 7) is 0. The smallest absolute Gasteiger partial charge is 0.160 e. The molecule has 0 fully saturated rings. The molecular formula is C58H34N4O. The standard InChI is InChI=1S/C58H34N4O/c1-2-14-40-35(12-1)26-30-44-41-15-4-9-21-51(41)62(57(40)44)52-22-11-13-37-32-47-42-16-5-8-20-50(42)61(53(47)34-46(37)52)39-28-24-36(25-29-39)58-59-49-19-7-3-18-45(49)56(60-58)38-27-31-55-48(33-38)43-17-6-10-23-54(43)63-55/h1-34H. The fraction of sp³-hybridized carbons (Fsp3) is 0. The van der Waals surface area contributed by atoms with Crippen LogP contribution in [-0.4, -0.2) is 19.1 Å². The molecule has 0 aliphatic heterocycles. The minimum absolute atomic E-state index is 0.684. The minimum atomic E-state index is 0.684. The highest BCUT2D eigenvalue weighted by Crippen LogP contribution is 2.42. The van der Waals surface area contributed by atoms with Crippen LogP contribution in [0.25, 0.3) is 132 Å². The van der Waals surface area contributed by atoms with Crippen LogP contribution in [0.1, 0.15) is 0 Å². The van der Waals surface area contributed by atoms with Crippen LogP contribution in [0, 0.1) is 0 Å². The van der Waals surface area contributed by atoms with Gasteiger partial charge in [0.25, 0.3) is 0 Å². The zero-order valence-corrected chi connectivity index (χ0v) is 33.8. The van der Waals surface area contributed by atoms with Crippen LogP contribution in [0.3, 0.4) is 0 Å². The number of hydrogen-bond acceptors (Lipinski definition) is 3. The molecule has 14 rings (SSSR count). The third kappa shape index (κ3) is 4.99. The lowest BCUT2D eigenvalue weighted by Gasteiger charge is -2.14. The van der Waals surface area contributed by atoms with Gasteiger partial charge in [-0.2, -0.15) is 0 Å². The van der Waals surface area contributed by atoms with Crippen molar-refractivity contribution < 1.29 is 4.42 Å². The van der Waals surface area contributed by atoms with E-state index in [1.54, 1.807) is 0 Å². The number of fused-ring (bicyclic) bond motifs is 13. The molecule has 10 aromatic carbocycles. The summed E-state index contributed by atoms with van der Waals surface area (Å²) in [6, 6.07) is 73.9. The molecule has 0 saturated carbocycles. The molecule has 0 aliphatic carbocycles. The van der Waals surface area contributed by atoms with Crippen LogP contribution in [-0.2, 0) is 0 Å². The van der Waals surface area contributed by atoms with Crippen LogP contribution in [0.4, 0.5) is 0 Å². The van der Waals surface area contributed by atoms with E-state index in [-0.39, 0.29) is 0 Å². The van der Waals surface area contributed by atoms with Crippen LogP contribution < -0.4 is 0 Å². The Labute approximate surface area is 360 Å². The van der Waals surface area contributed by atoms with Crippen LogP contribution in [0.15, 0.2) is 211 Å². The van der Waals surface area contributed by atoms with Gasteiger partial charge >= 0.3 is 0 Å². The molecule has 292 valence electrons. The predicted octanol–water partition coefficient (Wildman–Crippen LogP) is 15.4. The number of para-hydroxylation sites is 4. The van der Waals surface area contributed by atoms with Crippen molar-refractivity contribution in [1.82, 2.24) is 19.1 Å². The molecule has 63 heavy (non-hydrogen) atoms. The Balaban J connectivity index is 0.950. The Morgan fingerprint density at radius 2 is 1.02 bits per heavy atom. The van der Waals surface area contributed by atoms with Crippen molar-refractivity contribution in [3.8, 4) is 34.0 Å². The molecule has 0 radical (unpaired) electrons. The first-order chi connectivity index (χ1) is 31.2. The fourth-order valence-electron chi connectivity index (χ4n) is 10.2. The highest BCUT2D eigenvalue weighted by molar-refractivity contribution is 6.20. The van der Waals surface area contributed by atoms with Gasteiger partial charge in [-0.3, -0.25) is 0 Å². The summed E-state index contributed by atoms with van der Waals surface area (Å²) < 4.78 is 11.1. The molecular weight excluding hydrogens is 769 g/mol. The molecule has 0 atom stereocenters. The topological polar surface area (TPSA) is 48.8 Å². The molecule has 5 heteroatoms. The maximum Gasteiger partial charge on any atom is 0.160 e. The summed E-state index contributed by atoms with van der Waals surface area (Å²) >= 11 is 0. The van der Waals surface area contributed by atoms with Gasteiger partial charge in [-0.25, -0.2) is 9.97 Å². The van der Waals surface area contributed by atoms with Gasteiger partial charge in [-0.1, -0.05) is 121 Å². The summed E-state index contributed by atoms with van der Waals surface area (Å²) in [5.74, 6) is 0.684. The van der Waals surface area contributed by atoms with Crippen molar-refractivity contribution in [3.05, 3.63) is 206 Å². The Hall–Kier alpha value is -8.54. The van der Waals surface area contributed by atoms with E-state index in [2.05, 4.69) is 197 Å². The Bertz CT molecular complexity index is 4210. The summed E-state index contributed by atoms with van der Waals surface area (Å²) in [6.07, 6.45) is 0. The zero-order valence-electron chi connectivity index (χ0n) is 33.8. The Kier molecular flexibility index (Phi) is 7.05. The van der Waals surface area contributed by atoms with Crippen molar-refractivity contribution in [3.63, 3.8) is 0 Å². The van der Waals surface area contributed by atoms with E-state index < -0.39 is 0 Å². The van der Waals surface area contributed by atoms with Crippen LogP contribution >= 0.6 is 0 Å². The van der Waals surface area contributed by atoms with Crippen LogP contribution in [0.5, 0.6) is 0 Å². The maximum atomic E-state index is 6.17. The van der Waals surface area contributed by atoms with E-state index in [1.165, 1.54) is 54.1 Å². The largest absolute Gasteiger partial charge is 0.456 e. The fourth-order valence-corrected chi connectivity index (χ4v) is 10.2. The first-order valence-electron chi connectivity index (χ1n) is 21.4. The summed E-state index contributed by atoms with van der Waals surface area (Å²) in [5.41, 5.74) is 12.5. The number of aromatic nitrogens is 4. The second-order valence-electron chi connectivity index (χ2n) is 16.5. The highest BCUT2D eigenvalue weighted by atomic mass is 16.3. The number of furan rings is 1. The van der Waals surface area contributed by atoms with E-state index in [4.69, 9.17) is 14.4 Å². The molecule has 0 saturated heterocycles. The summed E-state index contributed by atoms with van der Waals surface area (Å²) in [5, 5.41) is 13.0. The molecule has 4 aromatic heterocycles. The zero-order chi connectivity index (χ0) is 41.2. The van der Waals surface area contributed by atoms with Gasteiger partial charge in [0.2, 0.25) is 0 Å². The van der Waals surface area contributed by atoms with Crippen molar-refractivity contribution in [1.29, 1.82) is 0 Å². The second kappa shape index (κ2) is 13.0. The molecule has 14 aromatic rings. The van der Waals surface area contributed by atoms with Crippen molar-refractivity contribution in [2.75, 3.05) is 0 Å². The van der Waals surface area contributed by atoms with E-state index in [9.17, 15) is 0 Å². The van der Waals surface area contributed by atoms with Crippen LogP contribution in [0.2, 0.25) is 0 Å². The van der Waals surface area contributed by atoms with Gasteiger partial charge in [0, 0.05) is 65.3 Å². The molecule has 0 aliphatic rings. The molecule has 5 nitrogen and oxygen atoms in total. The quantitative estimate of drug-likeness (QED) is 0.178. The highest BCUT2D eigenvalue weighted by Gasteiger charge is 2.20. The van der Waals surface area contributed by atoms with Crippen molar-refractivity contribution in [2.45, 2.75) is 0 Å². The lowest BCUT2D eigenvalue weighted by Crippen LogP contribution is -1.98.